The van der Waals surface area contributed by atoms with Crippen LogP contribution in [0.2, 0.25) is 0 Å². The van der Waals surface area contributed by atoms with Gasteiger partial charge in [-0.1, -0.05) is 72.8 Å². The van der Waals surface area contributed by atoms with Gasteiger partial charge in [-0.15, -0.1) is 0 Å². The van der Waals surface area contributed by atoms with E-state index in [1.807, 2.05) is 60.7 Å². The minimum Gasteiger partial charge on any atom is -0.460 e. The van der Waals surface area contributed by atoms with Crippen LogP contribution in [0.25, 0.3) is 0 Å². The number of benzene rings is 2. The minimum absolute atomic E-state index is 0.0122. The van der Waals surface area contributed by atoms with Crippen LogP contribution in [0.3, 0.4) is 0 Å². The van der Waals surface area contributed by atoms with E-state index in [0.29, 0.717) is 6.54 Å². The summed E-state index contributed by atoms with van der Waals surface area (Å²) in [6.45, 7) is 3.44. The first-order valence-electron chi connectivity index (χ1n) is 10.9. The number of carbonyl (C=O) groups excluding carboxylic acids is 2. The third-order valence-corrected chi connectivity index (χ3v) is 5.25. The number of hydrogen-bond acceptors (Lipinski definition) is 6. The highest BCUT2D eigenvalue weighted by Gasteiger charge is 2.22. The molecule has 168 valence electrons. The fraction of sp³-hybridized carbons (Fsp3) is 0.346. The van der Waals surface area contributed by atoms with Gasteiger partial charge in [-0.05, 0) is 24.5 Å². The van der Waals surface area contributed by atoms with E-state index in [0.717, 1.165) is 17.5 Å². The van der Waals surface area contributed by atoms with Gasteiger partial charge in [-0.25, -0.2) is 0 Å². The summed E-state index contributed by atoms with van der Waals surface area (Å²) in [6, 6.07) is 19.3. The summed E-state index contributed by atoms with van der Waals surface area (Å²) < 4.78 is 10.7. The molecule has 0 N–H and O–H groups in total. The predicted molar refractivity (Wildman–Crippen MR) is 124 cm³/mol. The highest BCUT2D eigenvalue weighted by atomic mass is 16.5. The zero-order valence-corrected chi connectivity index (χ0v) is 18.4. The number of esters is 2. The first-order chi connectivity index (χ1) is 15.6. The Hall–Kier alpha value is -3.25. The van der Waals surface area contributed by atoms with Gasteiger partial charge in [0.05, 0.1) is 6.54 Å². The minimum atomic E-state index is -0.357. The van der Waals surface area contributed by atoms with Gasteiger partial charge in [0.2, 0.25) is 0 Å². The summed E-state index contributed by atoms with van der Waals surface area (Å²) >= 11 is 0. The first-order valence-corrected chi connectivity index (χ1v) is 10.9. The molecule has 6 nitrogen and oxygen atoms in total. The van der Waals surface area contributed by atoms with E-state index >= 15 is 0 Å². The fourth-order valence-corrected chi connectivity index (χ4v) is 3.44. The summed E-state index contributed by atoms with van der Waals surface area (Å²) in [5.41, 5.74) is 1.91. The molecule has 0 fully saturated rings. The van der Waals surface area contributed by atoms with Crippen LogP contribution in [0.4, 0.5) is 0 Å². The van der Waals surface area contributed by atoms with Crippen molar-refractivity contribution >= 4 is 18.2 Å². The number of ether oxygens (including phenoxy) is 2. The van der Waals surface area contributed by atoms with Crippen LogP contribution in [0.5, 0.6) is 0 Å². The van der Waals surface area contributed by atoms with Crippen molar-refractivity contribution < 1.29 is 19.1 Å². The van der Waals surface area contributed by atoms with E-state index < -0.39 is 0 Å². The lowest BCUT2D eigenvalue weighted by molar-refractivity contribution is -0.146. The van der Waals surface area contributed by atoms with Gasteiger partial charge < -0.3 is 9.47 Å². The van der Waals surface area contributed by atoms with Gasteiger partial charge in [-0.3, -0.25) is 19.5 Å². The monoisotopic (exact) mass is 434 g/mol. The molecule has 6 heteroatoms. The summed E-state index contributed by atoms with van der Waals surface area (Å²) in [5, 5.41) is 0. The lowest BCUT2D eigenvalue weighted by Crippen LogP contribution is -2.39. The second kappa shape index (κ2) is 12.6. The van der Waals surface area contributed by atoms with Gasteiger partial charge in [0.1, 0.15) is 19.8 Å². The summed E-state index contributed by atoms with van der Waals surface area (Å²) in [6.07, 6.45) is 6.80. The van der Waals surface area contributed by atoms with Crippen molar-refractivity contribution in [3.63, 3.8) is 0 Å². The molecule has 0 spiro atoms. The molecule has 1 heterocycles. The topological polar surface area (TPSA) is 68.2 Å². The van der Waals surface area contributed by atoms with Crippen molar-refractivity contribution in [2.24, 2.45) is 10.9 Å². The number of carbonyl (C=O) groups is 2. The van der Waals surface area contributed by atoms with E-state index in [1.54, 1.807) is 6.21 Å². The van der Waals surface area contributed by atoms with Gasteiger partial charge in [-0.2, -0.15) is 0 Å². The molecular weight excluding hydrogens is 404 g/mol. The predicted octanol–water partition coefficient (Wildman–Crippen LogP) is 3.81. The lowest BCUT2D eigenvalue weighted by Gasteiger charge is -2.26. The standard InChI is InChI=1S/C26H30N2O4/c1-21-9-8-14-24(15-27-16-25(29)31-19-22-10-4-2-5-11-22)17-28(21)18-26(30)32-20-23-12-6-3-7-13-23/h2-13,15,21,24H,14,16-20H2,1H3/b27-15+/t21-,24+/m0/s1. The highest BCUT2D eigenvalue weighted by molar-refractivity contribution is 5.75. The van der Waals surface area contributed by atoms with Crippen molar-refractivity contribution in [3.05, 3.63) is 83.9 Å². The van der Waals surface area contributed by atoms with Crippen LogP contribution in [-0.2, 0) is 32.3 Å². The molecule has 1 aliphatic rings. The van der Waals surface area contributed by atoms with E-state index in [2.05, 4.69) is 29.0 Å². The summed E-state index contributed by atoms with van der Waals surface area (Å²) in [7, 11) is 0. The van der Waals surface area contributed by atoms with E-state index in [9.17, 15) is 9.59 Å². The van der Waals surface area contributed by atoms with E-state index in [4.69, 9.17) is 9.47 Å². The average Bonchev–Trinajstić information content (AvgIpc) is 2.98. The number of nitrogens with zero attached hydrogens (tertiary/aromatic N) is 2. The van der Waals surface area contributed by atoms with Crippen LogP contribution >= 0.6 is 0 Å². The Morgan fingerprint density at radius 1 is 0.969 bits per heavy atom. The molecule has 1 aliphatic heterocycles. The lowest BCUT2D eigenvalue weighted by atomic mass is 10.1. The smallest absolute Gasteiger partial charge is 0.328 e. The molecular formula is C26H30N2O4. The van der Waals surface area contributed by atoms with Gasteiger partial charge in [0.25, 0.3) is 0 Å². The summed E-state index contributed by atoms with van der Waals surface area (Å²) in [5.74, 6) is -0.500. The summed E-state index contributed by atoms with van der Waals surface area (Å²) in [4.78, 5) is 30.7. The SMILES string of the molecule is C[C@H]1C=CC[C@H](/C=N/CC(=O)OCc2ccccc2)CN1CC(=O)OCc1ccccc1. The van der Waals surface area contributed by atoms with Gasteiger partial charge in [0.15, 0.2) is 0 Å². The Morgan fingerprint density at radius 3 is 2.19 bits per heavy atom. The molecule has 0 aromatic heterocycles. The molecule has 2 aromatic carbocycles. The zero-order valence-electron chi connectivity index (χ0n) is 18.4. The largest absolute Gasteiger partial charge is 0.460 e. The van der Waals surface area contributed by atoms with Gasteiger partial charge >= 0.3 is 11.9 Å². The molecule has 0 saturated carbocycles. The molecule has 0 amide bonds. The number of aliphatic imine (C=N–C) groups is 1. The maximum absolute atomic E-state index is 12.4. The molecule has 3 rings (SSSR count). The maximum Gasteiger partial charge on any atom is 0.328 e. The molecule has 32 heavy (non-hydrogen) atoms. The molecule has 2 aromatic rings. The van der Waals surface area contributed by atoms with Crippen molar-refractivity contribution in [3.8, 4) is 0 Å². The number of hydrogen-bond donors (Lipinski definition) is 0. The molecule has 0 radical (unpaired) electrons. The van der Waals surface area contributed by atoms with E-state index in [1.165, 1.54) is 0 Å². The van der Waals surface area contributed by atoms with Crippen molar-refractivity contribution in [1.82, 2.24) is 4.90 Å². The van der Waals surface area contributed by atoms with Crippen LogP contribution in [-0.4, -0.2) is 48.7 Å². The second-order valence-corrected chi connectivity index (χ2v) is 7.88. The normalized spacial score (nSPS) is 18.9. The number of rotatable bonds is 9. The fourth-order valence-electron chi connectivity index (χ4n) is 3.44. The van der Waals surface area contributed by atoms with E-state index in [-0.39, 0.29) is 50.2 Å². The zero-order chi connectivity index (χ0) is 22.6. The van der Waals surface area contributed by atoms with Crippen LogP contribution in [0, 0.1) is 5.92 Å². The third-order valence-electron chi connectivity index (χ3n) is 5.25. The van der Waals surface area contributed by atoms with Crippen molar-refractivity contribution in [1.29, 1.82) is 0 Å². The maximum atomic E-state index is 12.4. The quantitative estimate of drug-likeness (QED) is 0.341. The average molecular weight is 435 g/mol. The van der Waals surface area contributed by atoms with Crippen molar-refractivity contribution in [2.75, 3.05) is 19.6 Å². The number of allylic oxidation sites excluding steroid dienone is 1. The Bertz CT molecular complexity index is 912. The Kier molecular flexibility index (Phi) is 9.20. The van der Waals surface area contributed by atoms with Crippen LogP contribution in [0.1, 0.15) is 24.5 Å². The molecule has 0 bridgehead atoms. The first kappa shape index (κ1) is 23.4. The molecule has 0 saturated heterocycles. The van der Waals surface area contributed by atoms with Crippen LogP contribution in [0.15, 0.2) is 77.8 Å². The van der Waals surface area contributed by atoms with Gasteiger partial charge in [0, 0.05) is 24.7 Å². The van der Waals surface area contributed by atoms with Crippen LogP contribution < -0.4 is 0 Å². The Morgan fingerprint density at radius 2 is 1.56 bits per heavy atom. The third kappa shape index (κ3) is 8.12. The molecule has 0 aliphatic carbocycles. The second-order valence-electron chi connectivity index (χ2n) is 7.88. The Balaban J connectivity index is 1.43. The van der Waals surface area contributed by atoms with Crippen molar-refractivity contribution in [2.45, 2.75) is 32.6 Å². The molecule has 2 atom stereocenters. The highest BCUT2D eigenvalue weighted by Crippen LogP contribution is 2.15. The molecule has 0 unspecified atom stereocenters. The Labute approximate surface area is 189 Å².